The molecule has 1 atom stereocenters. The van der Waals surface area contributed by atoms with Gasteiger partial charge in [-0.2, -0.15) is 30.7 Å². The molecule has 1 amide bonds. The molecular formula is C12H10F7NO2. The average molecular weight is 333 g/mol. The number of hydrogen-bond acceptors (Lipinski definition) is 2. The van der Waals surface area contributed by atoms with Crippen LogP contribution in [0.15, 0.2) is 30.3 Å². The zero-order valence-corrected chi connectivity index (χ0v) is 10.7. The van der Waals surface area contributed by atoms with E-state index in [4.69, 9.17) is 0 Å². The Kier molecular flexibility index (Phi) is 5.06. The maximum atomic E-state index is 13.0. The van der Waals surface area contributed by atoms with E-state index in [-0.39, 0.29) is 5.56 Å². The van der Waals surface area contributed by atoms with Crippen molar-refractivity contribution in [2.45, 2.75) is 24.1 Å². The number of nitrogens with one attached hydrogen (secondary N) is 1. The highest BCUT2D eigenvalue weighted by atomic mass is 19.4. The van der Waals surface area contributed by atoms with Crippen LogP contribution in [-0.2, 0) is 4.79 Å². The van der Waals surface area contributed by atoms with Gasteiger partial charge in [-0.1, -0.05) is 30.3 Å². The molecule has 2 N–H and O–H groups in total. The Morgan fingerprint density at radius 2 is 1.55 bits per heavy atom. The highest BCUT2D eigenvalue weighted by molar-refractivity contribution is 5.84. The SMILES string of the molecule is O=C(NCC(O)c1ccccc1)C(F)(F)C(F)(F)C(F)(F)F. The number of aliphatic hydroxyl groups excluding tert-OH is 1. The van der Waals surface area contributed by atoms with Crippen LogP contribution in [0, 0.1) is 0 Å². The summed E-state index contributed by atoms with van der Waals surface area (Å²) in [6.07, 6.45) is -8.13. The van der Waals surface area contributed by atoms with Gasteiger partial charge in [0, 0.05) is 6.54 Å². The third kappa shape index (κ3) is 3.49. The molecule has 0 spiro atoms. The molecule has 0 radical (unpaired) electrons. The van der Waals surface area contributed by atoms with Gasteiger partial charge in [-0.05, 0) is 5.56 Å². The summed E-state index contributed by atoms with van der Waals surface area (Å²) in [6, 6.07) is 7.19. The van der Waals surface area contributed by atoms with E-state index in [9.17, 15) is 40.6 Å². The molecule has 1 rings (SSSR count). The van der Waals surface area contributed by atoms with Crippen molar-refractivity contribution in [3.05, 3.63) is 35.9 Å². The lowest BCUT2D eigenvalue weighted by Crippen LogP contribution is -2.59. The first kappa shape index (κ1) is 18.2. The van der Waals surface area contributed by atoms with Crippen molar-refractivity contribution in [2.24, 2.45) is 0 Å². The van der Waals surface area contributed by atoms with Crippen LogP contribution in [0.2, 0.25) is 0 Å². The Balaban J connectivity index is 2.76. The molecule has 0 bridgehead atoms. The topological polar surface area (TPSA) is 49.3 Å². The Hall–Kier alpha value is -1.84. The van der Waals surface area contributed by atoms with Crippen molar-refractivity contribution < 1.29 is 40.6 Å². The minimum Gasteiger partial charge on any atom is -0.387 e. The molecule has 1 aromatic carbocycles. The van der Waals surface area contributed by atoms with Crippen LogP contribution in [0.25, 0.3) is 0 Å². The minimum atomic E-state index is -6.59. The normalized spacial score (nSPS) is 14.5. The summed E-state index contributed by atoms with van der Waals surface area (Å²) < 4.78 is 86.9. The molecule has 0 aromatic heterocycles. The van der Waals surface area contributed by atoms with E-state index in [1.54, 1.807) is 6.07 Å². The third-order valence-corrected chi connectivity index (χ3v) is 2.68. The molecule has 0 aliphatic carbocycles. The second-order valence-electron chi connectivity index (χ2n) is 4.28. The van der Waals surface area contributed by atoms with Gasteiger partial charge in [0.05, 0.1) is 6.10 Å². The molecule has 1 aromatic rings. The van der Waals surface area contributed by atoms with Crippen molar-refractivity contribution in [1.29, 1.82) is 0 Å². The fourth-order valence-corrected chi connectivity index (χ4v) is 1.41. The number of carbonyl (C=O) groups is 1. The monoisotopic (exact) mass is 333 g/mol. The fraction of sp³-hybridized carbons (Fsp3) is 0.417. The zero-order valence-electron chi connectivity index (χ0n) is 10.7. The molecule has 0 aliphatic heterocycles. The quantitative estimate of drug-likeness (QED) is 0.814. The summed E-state index contributed by atoms with van der Waals surface area (Å²) in [4.78, 5) is 10.9. The van der Waals surface area contributed by atoms with Gasteiger partial charge in [0.2, 0.25) is 0 Å². The van der Waals surface area contributed by atoms with Gasteiger partial charge in [0.1, 0.15) is 0 Å². The number of aliphatic hydroxyl groups is 1. The second kappa shape index (κ2) is 6.11. The number of halogens is 7. The van der Waals surface area contributed by atoms with Crippen molar-refractivity contribution in [2.75, 3.05) is 6.54 Å². The number of alkyl halides is 7. The molecule has 0 saturated heterocycles. The van der Waals surface area contributed by atoms with Crippen molar-refractivity contribution in [1.82, 2.24) is 5.32 Å². The van der Waals surface area contributed by atoms with Gasteiger partial charge in [0.25, 0.3) is 5.91 Å². The predicted octanol–water partition coefficient (Wildman–Crippen LogP) is 2.67. The van der Waals surface area contributed by atoms with Crippen LogP contribution in [0.4, 0.5) is 30.7 Å². The van der Waals surface area contributed by atoms with Crippen molar-refractivity contribution >= 4 is 5.91 Å². The maximum Gasteiger partial charge on any atom is 0.460 e. The van der Waals surface area contributed by atoms with Gasteiger partial charge in [-0.15, -0.1) is 0 Å². The highest BCUT2D eigenvalue weighted by Crippen LogP contribution is 2.46. The highest BCUT2D eigenvalue weighted by Gasteiger charge is 2.76. The number of benzene rings is 1. The number of rotatable bonds is 5. The molecule has 3 nitrogen and oxygen atoms in total. The standard InChI is InChI=1S/C12H10F7NO2/c13-10(14,11(15,16)12(17,18)19)9(22)20-6-8(21)7-4-2-1-3-5-7/h1-5,8,21H,6H2,(H,20,22). The van der Waals surface area contributed by atoms with Crippen LogP contribution < -0.4 is 5.32 Å². The van der Waals surface area contributed by atoms with E-state index in [0.717, 1.165) is 0 Å². The lowest BCUT2D eigenvalue weighted by Gasteiger charge is -2.27. The molecule has 10 heteroatoms. The van der Waals surface area contributed by atoms with Crippen molar-refractivity contribution in [3.63, 3.8) is 0 Å². The Morgan fingerprint density at radius 1 is 1.05 bits per heavy atom. The van der Waals surface area contributed by atoms with E-state index < -0.39 is 36.6 Å². The first-order chi connectivity index (χ1) is 9.91. The molecule has 0 aliphatic rings. The van der Waals surface area contributed by atoms with Crippen molar-refractivity contribution in [3.8, 4) is 0 Å². The molecule has 0 fully saturated rings. The summed E-state index contributed by atoms with van der Waals surface area (Å²) in [6.45, 7) is -0.952. The maximum absolute atomic E-state index is 13.0. The number of amides is 1. The van der Waals surface area contributed by atoms with Gasteiger partial charge >= 0.3 is 18.0 Å². The second-order valence-corrected chi connectivity index (χ2v) is 4.28. The molecule has 124 valence electrons. The predicted molar refractivity (Wildman–Crippen MR) is 60.4 cm³/mol. The summed E-state index contributed by atoms with van der Waals surface area (Å²) in [7, 11) is 0. The van der Waals surface area contributed by atoms with E-state index in [0.29, 0.717) is 0 Å². The molecule has 0 heterocycles. The Morgan fingerprint density at radius 3 is 2.00 bits per heavy atom. The van der Waals surface area contributed by atoms with Crippen LogP contribution in [0.1, 0.15) is 11.7 Å². The van der Waals surface area contributed by atoms with Crippen LogP contribution >= 0.6 is 0 Å². The zero-order chi connectivity index (χ0) is 17.2. The van der Waals surface area contributed by atoms with Crippen LogP contribution in [0.3, 0.4) is 0 Å². The molecule has 1 unspecified atom stereocenters. The molecule has 0 saturated carbocycles. The lowest BCUT2D eigenvalue weighted by atomic mass is 10.1. The Bertz CT molecular complexity index is 516. The summed E-state index contributed by atoms with van der Waals surface area (Å²) in [5.74, 6) is -15.4. The average Bonchev–Trinajstić information content (AvgIpc) is 2.43. The fourth-order valence-electron chi connectivity index (χ4n) is 1.41. The van der Waals surface area contributed by atoms with Crippen LogP contribution in [-0.4, -0.2) is 35.6 Å². The third-order valence-electron chi connectivity index (χ3n) is 2.68. The smallest absolute Gasteiger partial charge is 0.387 e. The van der Waals surface area contributed by atoms with E-state index >= 15 is 0 Å². The van der Waals surface area contributed by atoms with E-state index in [2.05, 4.69) is 0 Å². The summed E-state index contributed by atoms with van der Waals surface area (Å²) >= 11 is 0. The summed E-state index contributed by atoms with van der Waals surface area (Å²) in [5.41, 5.74) is 0.161. The molecular weight excluding hydrogens is 323 g/mol. The minimum absolute atomic E-state index is 0.161. The van der Waals surface area contributed by atoms with E-state index in [1.165, 1.54) is 29.6 Å². The largest absolute Gasteiger partial charge is 0.460 e. The van der Waals surface area contributed by atoms with Gasteiger partial charge in [0.15, 0.2) is 0 Å². The van der Waals surface area contributed by atoms with Gasteiger partial charge < -0.3 is 10.4 Å². The summed E-state index contributed by atoms with van der Waals surface area (Å²) in [5, 5.41) is 10.7. The number of hydrogen-bond donors (Lipinski definition) is 2. The Labute approximate surface area is 119 Å². The molecule has 22 heavy (non-hydrogen) atoms. The van der Waals surface area contributed by atoms with E-state index in [1.807, 2.05) is 0 Å². The number of carbonyl (C=O) groups excluding carboxylic acids is 1. The lowest BCUT2D eigenvalue weighted by molar-refractivity contribution is -0.344. The first-order valence-electron chi connectivity index (χ1n) is 5.75. The van der Waals surface area contributed by atoms with Gasteiger partial charge in [-0.25, -0.2) is 0 Å². The van der Waals surface area contributed by atoms with Crippen LogP contribution in [0.5, 0.6) is 0 Å². The first-order valence-corrected chi connectivity index (χ1v) is 5.75. The van der Waals surface area contributed by atoms with Gasteiger partial charge in [-0.3, -0.25) is 4.79 Å².